The topological polar surface area (TPSA) is 9.86 Å². The van der Waals surface area contributed by atoms with Crippen LogP contribution in [-0.4, -0.2) is 31.1 Å². The second-order valence-electron chi connectivity index (χ2n) is 2.45. The molecule has 7 heteroatoms. The standard InChI is InChI=1S/C6H6F4N2Se/c1-11-2-3-12(5(11)13)6(9,10)4(7)8/h2-4H,1H3. The number of hydrogen-bond donors (Lipinski definition) is 0. The second-order valence-corrected chi connectivity index (χ2v) is 3.22. The molecule has 74 valence electrons. The molecule has 1 rings (SSSR count). The van der Waals surface area contributed by atoms with Crippen molar-refractivity contribution in [2.75, 3.05) is 0 Å². The Morgan fingerprint density at radius 3 is 2.23 bits per heavy atom. The van der Waals surface area contributed by atoms with Crippen LogP contribution in [0, 0.1) is 4.32 Å². The molecule has 1 heterocycles. The number of nitrogens with zero attached hydrogens (tertiary/aromatic N) is 2. The van der Waals surface area contributed by atoms with Crippen molar-refractivity contribution < 1.29 is 17.6 Å². The van der Waals surface area contributed by atoms with E-state index >= 15 is 0 Å². The molecule has 0 saturated heterocycles. The van der Waals surface area contributed by atoms with E-state index in [1.807, 2.05) is 0 Å². The first kappa shape index (κ1) is 10.5. The van der Waals surface area contributed by atoms with Gasteiger partial charge in [-0.3, -0.25) is 0 Å². The van der Waals surface area contributed by atoms with E-state index in [4.69, 9.17) is 0 Å². The fourth-order valence-corrected chi connectivity index (χ4v) is 1.31. The zero-order valence-corrected chi connectivity index (χ0v) is 8.26. The number of aryl methyl sites for hydroxylation is 1. The summed E-state index contributed by atoms with van der Waals surface area (Å²) in [5, 5.41) is 0. The third-order valence-electron chi connectivity index (χ3n) is 1.53. The van der Waals surface area contributed by atoms with Crippen molar-refractivity contribution in [1.82, 2.24) is 9.13 Å². The number of imidazole rings is 1. The Balaban J connectivity index is 3.23. The first-order valence-corrected chi connectivity index (χ1v) is 4.13. The van der Waals surface area contributed by atoms with Gasteiger partial charge in [0.1, 0.15) is 0 Å². The minimum atomic E-state index is -4.16. The molecule has 0 aliphatic heterocycles. The third-order valence-corrected chi connectivity index (χ3v) is 2.55. The van der Waals surface area contributed by atoms with Gasteiger partial charge in [0.2, 0.25) is 0 Å². The predicted molar refractivity (Wildman–Crippen MR) is 38.6 cm³/mol. The van der Waals surface area contributed by atoms with E-state index in [1.54, 1.807) is 0 Å². The Morgan fingerprint density at radius 1 is 1.38 bits per heavy atom. The Bertz CT molecular complexity index is 354. The fourth-order valence-electron chi connectivity index (χ4n) is 0.796. The number of aromatic nitrogens is 2. The molecule has 0 bridgehead atoms. The summed E-state index contributed by atoms with van der Waals surface area (Å²) in [6, 6.07) is -4.16. The molecular formula is C6H6F4N2Se. The molecule has 0 amide bonds. The van der Waals surface area contributed by atoms with E-state index in [2.05, 4.69) is 15.6 Å². The Labute approximate surface area is 79.1 Å². The zero-order chi connectivity index (χ0) is 10.2. The number of rotatable bonds is 2. The average molecular weight is 261 g/mol. The van der Waals surface area contributed by atoms with Crippen LogP contribution in [0.1, 0.15) is 0 Å². The van der Waals surface area contributed by atoms with Crippen molar-refractivity contribution in [1.29, 1.82) is 0 Å². The van der Waals surface area contributed by atoms with Crippen LogP contribution >= 0.6 is 0 Å². The van der Waals surface area contributed by atoms with Crippen molar-refractivity contribution in [2.24, 2.45) is 7.05 Å². The third kappa shape index (κ3) is 1.71. The van der Waals surface area contributed by atoms with Crippen molar-refractivity contribution in [3.63, 3.8) is 0 Å². The van der Waals surface area contributed by atoms with Crippen molar-refractivity contribution in [3.8, 4) is 0 Å². The van der Waals surface area contributed by atoms with Crippen LogP contribution in [0.3, 0.4) is 0 Å². The van der Waals surface area contributed by atoms with Gasteiger partial charge >= 0.3 is 78.5 Å². The Kier molecular flexibility index (Phi) is 2.68. The molecule has 0 aromatic carbocycles. The summed E-state index contributed by atoms with van der Waals surface area (Å²) in [7, 11) is 1.48. The van der Waals surface area contributed by atoms with E-state index in [0.717, 1.165) is 6.20 Å². The molecular weight excluding hydrogens is 255 g/mol. The molecule has 1 aromatic heterocycles. The molecule has 0 radical (unpaired) electrons. The number of halogens is 4. The molecule has 0 fully saturated rings. The van der Waals surface area contributed by atoms with E-state index in [9.17, 15) is 17.6 Å². The van der Waals surface area contributed by atoms with Crippen molar-refractivity contribution in [2.45, 2.75) is 12.5 Å². The van der Waals surface area contributed by atoms with Crippen LogP contribution in [0.4, 0.5) is 17.6 Å². The van der Waals surface area contributed by atoms with Crippen LogP contribution < -0.4 is 0 Å². The van der Waals surface area contributed by atoms with Gasteiger partial charge < -0.3 is 0 Å². The number of hydrogen-bond acceptors (Lipinski definition) is 0. The molecule has 0 saturated carbocycles. The maximum absolute atomic E-state index is 12.7. The normalized spacial score (nSPS) is 12.5. The van der Waals surface area contributed by atoms with Gasteiger partial charge in [0.05, 0.1) is 0 Å². The van der Waals surface area contributed by atoms with Gasteiger partial charge in [-0.25, -0.2) is 0 Å². The molecule has 0 unspecified atom stereocenters. The maximum atomic E-state index is 12.7. The minimum absolute atomic E-state index is 0.0506. The molecule has 0 spiro atoms. The van der Waals surface area contributed by atoms with Gasteiger partial charge in [-0.2, -0.15) is 0 Å². The first-order valence-electron chi connectivity index (χ1n) is 3.27. The van der Waals surface area contributed by atoms with Crippen LogP contribution in [-0.2, 0) is 13.1 Å². The molecule has 1 aromatic rings. The van der Waals surface area contributed by atoms with Crippen molar-refractivity contribution in [3.05, 3.63) is 16.7 Å². The second kappa shape index (κ2) is 3.30. The molecule has 0 N–H and O–H groups in total. The molecule has 0 atom stereocenters. The van der Waals surface area contributed by atoms with Gasteiger partial charge in [0.15, 0.2) is 0 Å². The summed E-state index contributed by atoms with van der Waals surface area (Å²) < 4.78 is 50.7. The fraction of sp³-hybridized carbons (Fsp3) is 0.500. The van der Waals surface area contributed by atoms with Gasteiger partial charge in [-0.1, -0.05) is 0 Å². The van der Waals surface area contributed by atoms with E-state index < -0.39 is 12.5 Å². The summed E-state index contributed by atoms with van der Waals surface area (Å²) in [5.41, 5.74) is 0. The van der Waals surface area contributed by atoms with Crippen LogP contribution in [0.5, 0.6) is 0 Å². The van der Waals surface area contributed by atoms with E-state index in [0.29, 0.717) is 0 Å². The van der Waals surface area contributed by atoms with Crippen LogP contribution in [0.2, 0.25) is 0 Å². The molecule has 13 heavy (non-hydrogen) atoms. The summed E-state index contributed by atoms with van der Waals surface area (Å²) in [5.74, 6) is 0. The SMILES string of the molecule is Cn1ccn(C(F)(F)C(F)F)c1=[Se]. The van der Waals surface area contributed by atoms with Gasteiger partial charge in [0, 0.05) is 0 Å². The zero-order valence-electron chi connectivity index (χ0n) is 6.55. The van der Waals surface area contributed by atoms with Crippen LogP contribution in [0.25, 0.3) is 0 Å². The predicted octanol–water partition coefficient (Wildman–Crippen LogP) is 1.34. The van der Waals surface area contributed by atoms with Crippen molar-refractivity contribution >= 4 is 15.6 Å². The monoisotopic (exact) mass is 262 g/mol. The summed E-state index contributed by atoms with van der Waals surface area (Å²) in [6.07, 6.45) is -1.55. The van der Waals surface area contributed by atoms with Crippen LogP contribution in [0.15, 0.2) is 12.4 Å². The summed E-state index contributed by atoms with van der Waals surface area (Å²) in [6.45, 7) is 0. The average Bonchev–Trinajstić information content (AvgIpc) is 2.33. The van der Waals surface area contributed by atoms with E-state index in [1.165, 1.54) is 17.8 Å². The van der Waals surface area contributed by atoms with E-state index in [-0.39, 0.29) is 8.89 Å². The first-order chi connectivity index (χ1) is 5.87. The molecule has 0 aliphatic carbocycles. The Hall–Kier alpha value is -0.551. The number of alkyl halides is 4. The summed E-state index contributed by atoms with van der Waals surface area (Å²) in [4.78, 5) is 0. The van der Waals surface area contributed by atoms with Gasteiger partial charge in [-0.15, -0.1) is 0 Å². The quantitative estimate of drug-likeness (QED) is 0.561. The molecule has 0 aliphatic rings. The van der Waals surface area contributed by atoms with Gasteiger partial charge in [-0.05, 0) is 0 Å². The summed E-state index contributed by atoms with van der Waals surface area (Å²) >= 11 is 2.29. The molecule has 2 nitrogen and oxygen atoms in total. The van der Waals surface area contributed by atoms with Gasteiger partial charge in [0.25, 0.3) is 0 Å². The Morgan fingerprint density at radius 2 is 1.92 bits per heavy atom.